The van der Waals surface area contributed by atoms with Gasteiger partial charge in [0.1, 0.15) is 11.4 Å². The van der Waals surface area contributed by atoms with Gasteiger partial charge >= 0.3 is 0 Å². The highest BCUT2D eigenvalue weighted by Crippen LogP contribution is 2.27. The van der Waals surface area contributed by atoms with Crippen molar-refractivity contribution in [3.63, 3.8) is 0 Å². The van der Waals surface area contributed by atoms with E-state index in [-0.39, 0.29) is 0 Å². The Hall–Kier alpha value is -1.07. The van der Waals surface area contributed by atoms with E-state index in [9.17, 15) is 4.79 Å². The van der Waals surface area contributed by atoms with Gasteiger partial charge in [0.25, 0.3) is 0 Å². The highest BCUT2D eigenvalue weighted by Gasteiger charge is 2.03. The molecule has 0 atom stereocenters. The minimum atomic E-state index is 0.351. The summed E-state index contributed by atoms with van der Waals surface area (Å²) in [5, 5.41) is 9.67. The fourth-order valence-corrected chi connectivity index (χ4v) is 2.38. The van der Waals surface area contributed by atoms with Crippen molar-refractivity contribution in [3.05, 3.63) is 33.7 Å². The summed E-state index contributed by atoms with van der Waals surface area (Å²) in [6.45, 7) is 0. The van der Waals surface area contributed by atoms with Gasteiger partial charge in [-0.05, 0) is 34.1 Å². The molecule has 70 valence electrons. The largest absolute Gasteiger partial charge is 0.296 e. The number of thiophene rings is 1. The fourth-order valence-electron chi connectivity index (χ4n) is 0.984. The number of rotatable bonds is 2. The molecule has 0 saturated carbocycles. The topological polar surface area (TPSA) is 42.9 Å². The van der Waals surface area contributed by atoms with E-state index in [1.165, 1.54) is 0 Å². The molecule has 0 bridgehead atoms. The van der Waals surface area contributed by atoms with Crippen molar-refractivity contribution in [2.75, 3.05) is 0 Å². The summed E-state index contributed by atoms with van der Waals surface area (Å²) in [6, 6.07) is 5.41. The number of halogens is 1. The molecule has 0 aromatic carbocycles. The Morgan fingerprint density at radius 3 is 2.71 bits per heavy atom. The Morgan fingerprint density at radius 2 is 2.21 bits per heavy atom. The van der Waals surface area contributed by atoms with Gasteiger partial charge < -0.3 is 0 Å². The van der Waals surface area contributed by atoms with Crippen molar-refractivity contribution < 1.29 is 4.79 Å². The molecule has 2 aromatic heterocycles. The quantitative estimate of drug-likeness (QED) is 0.787. The second-order valence-corrected chi connectivity index (χ2v) is 4.42. The molecule has 0 saturated heterocycles. The fraction of sp³-hybridized carbons (Fsp3) is 0. The summed E-state index contributed by atoms with van der Waals surface area (Å²) in [5.74, 6) is 0. The van der Waals surface area contributed by atoms with Crippen LogP contribution in [0.25, 0.3) is 10.6 Å². The predicted octanol–water partition coefficient (Wildman–Crippen LogP) is 2.78. The van der Waals surface area contributed by atoms with Crippen LogP contribution in [0.2, 0.25) is 0 Å². The van der Waals surface area contributed by atoms with Crippen LogP contribution in [-0.2, 0) is 0 Å². The van der Waals surface area contributed by atoms with Gasteiger partial charge in [0, 0.05) is 9.85 Å². The van der Waals surface area contributed by atoms with Crippen LogP contribution in [0, 0.1) is 0 Å². The van der Waals surface area contributed by atoms with Crippen LogP contribution in [-0.4, -0.2) is 16.5 Å². The Morgan fingerprint density at radius 1 is 1.36 bits per heavy atom. The van der Waals surface area contributed by atoms with Crippen LogP contribution in [0.4, 0.5) is 0 Å². The molecule has 14 heavy (non-hydrogen) atoms. The number of hydrogen-bond acceptors (Lipinski definition) is 4. The highest BCUT2D eigenvalue weighted by molar-refractivity contribution is 9.10. The molecule has 0 amide bonds. The molecule has 2 rings (SSSR count). The molecule has 0 N–H and O–H groups in total. The van der Waals surface area contributed by atoms with Crippen molar-refractivity contribution in [2.45, 2.75) is 0 Å². The molecule has 0 unspecified atom stereocenters. The van der Waals surface area contributed by atoms with Gasteiger partial charge in [-0.25, -0.2) is 0 Å². The SMILES string of the molecule is O=Cc1ccc(-c2cc(Br)cs2)nn1. The molecule has 0 aliphatic carbocycles. The molecule has 5 heteroatoms. The maximum absolute atomic E-state index is 10.4. The average molecular weight is 269 g/mol. The monoisotopic (exact) mass is 268 g/mol. The molecular weight excluding hydrogens is 264 g/mol. The lowest BCUT2D eigenvalue weighted by molar-refractivity contribution is 0.111. The summed E-state index contributed by atoms with van der Waals surface area (Å²) in [7, 11) is 0. The van der Waals surface area contributed by atoms with E-state index in [0.717, 1.165) is 15.0 Å². The van der Waals surface area contributed by atoms with E-state index in [1.54, 1.807) is 23.5 Å². The third-order valence-corrected chi connectivity index (χ3v) is 3.34. The molecule has 0 aliphatic rings. The van der Waals surface area contributed by atoms with Gasteiger partial charge in [0.15, 0.2) is 6.29 Å². The molecule has 0 aliphatic heterocycles. The van der Waals surface area contributed by atoms with Gasteiger partial charge in [-0.15, -0.1) is 21.5 Å². The summed E-state index contributed by atoms with van der Waals surface area (Å²) in [4.78, 5) is 11.4. The average Bonchev–Trinajstić information content (AvgIpc) is 2.65. The molecule has 2 heterocycles. The first-order valence-corrected chi connectivity index (χ1v) is 5.50. The van der Waals surface area contributed by atoms with Crippen LogP contribution in [0.5, 0.6) is 0 Å². The zero-order valence-electron chi connectivity index (χ0n) is 6.98. The second kappa shape index (κ2) is 3.98. The smallest absolute Gasteiger partial charge is 0.170 e. The molecule has 0 spiro atoms. The molecule has 0 fully saturated rings. The zero-order chi connectivity index (χ0) is 9.97. The molecule has 0 radical (unpaired) electrons. The first-order valence-electron chi connectivity index (χ1n) is 3.83. The number of carbonyl (C=O) groups is 1. The summed E-state index contributed by atoms with van der Waals surface area (Å²) >= 11 is 4.94. The van der Waals surface area contributed by atoms with Crippen molar-refractivity contribution in [2.24, 2.45) is 0 Å². The van der Waals surface area contributed by atoms with Gasteiger partial charge in [-0.3, -0.25) is 4.79 Å². The van der Waals surface area contributed by atoms with E-state index in [1.807, 2.05) is 11.4 Å². The van der Waals surface area contributed by atoms with Crippen molar-refractivity contribution in [1.82, 2.24) is 10.2 Å². The third-order valence-electron chi connectivity index (χ3n) is 1.63. The van der Waals surface area contributed by atoms with E-state index in [4.69, 9.17) is 0 Å². The van der Waals surface area contributed by atoms with Crippen molar-refractivity contribution >= 4 is 33.6 Å². The first-order chi connectivity index (χ1) is 6.79. The number of hydrogen-bond donors (Lipinski definition) is 0. The van der Waals surface area contributed by atoms with Gasteiger partial charge in [0.2, 0.25) is 0 Å². The Kier molecular flexibility index (Phi) is 2.69. The van der Waals surface area contributed by atoms with Crippen LogP contribution in [0.15, 0.2) is 28.1 Å². The number of carbonyl (C=O) groups excluding carboxylic acids is 1. The van der Waals surface area contributed by atoms with Crippen molar-refractivity contribution in [3.8, 4) is 10.6 Å². The Balaban J connectivity index is 2.38. The van der Waals surface area contributed by atoms with Crippen LogP contribution in [0.1, 0.15) is 10.5 Å². The predicted molar refractivity (Wildman–Crippen MR) is 58.4 cm³/mol. The summed E-state index contributed by atoms with van der Waals surface area (Å²) in [5.41, 5.74) is 1.13. The third kappa shape index (κ3) is 1.88. The lowest BCUT2D eigenvalue weighted by Crippen LogP contribution is -1.90. The summed E-state index contributed by atoms with van der Waals surface area (Å²) < 4.78 is 1.03. The van der Waals surface area contributed by atoms with E-state index in [2.05, 4.69) is 26.1 Å². The zero-order valence-corrected chi connectivity index (χ0v) is 9.38. The minimum absolute atomic E-state index is 0.351. The van der Waals surface area contributed by atoms with Crippen molar-refractivity contribution in [1.29, 1.82) is 0 Å². The van der Waals surface area contributed by atoms with E-state index in [0.29, 0.717) is 12.0 Å². The maximum atomic E-state index is 10.4. The second-order valence-electron chi connectivity index (χ2n) is 2.59. The first kappa shape index (κ1) is 9.48. The molecule has 2 aromatic rings. The number of aldehydes is 1. The standard InChI is InChI=1S/C9H5BrN2OS/c10-6-3-9(14-5-6)8-2-1-7(4-13)11-12-8/h1-5H. The van der Waals surface area contributed by atoms with Gasteiger partial charge in [-0.1, -0.05) is 0 Å². The lowest BCUT2D eigenvalue weighted by atomic mass is 10.3. The minimum Gasteiger partial charge on any atom is -0.296 e. The van der Waals surface area contributed by atoms with Gasteiger partial charge in [-0.2, -0.15) is 0 Å². The van der Waals surface area contributed by atoms with Crippen LogP contribution < -0.4 is 0 Å². The van der Waals surface area contributed by atoms with Crippen LogP contribution in [0.3, 0.4) is 0 Å². The summed E-state index contributed by atoms with van der Waals surface area (Å²) in [6.07, 6.45) is 0.682. The molecule has 3 nitrogen and oxygen atoms in total. The lowest BCUT2D eigenvalue weighted by Gasteiger charge is -1.93. The Labute approximate surface area is 92.9 Å². The normalized spacial score (nSPS) is 10.1. The highest BCUT2D eigenvalue weighted by atomic mass is 79.9. The Bertz CT molecular complexity index is 452. The van der Waals surface area contributed by atoms with Gasteiger partial charge in [0.05, 0.1) is 4.88 Å². The molecular formula is C9H5BrN2OS. The van der Waals surface area contributed by atoms with E-state index >= 15 is 0 Å². The number of nitrogens with zero attached hydrogens (tertiary/aromatic N) is 2. The van der Waals surface area contributed by atoms with Crippen LogP contribution >= 0.6 is 27.3 Å². The maximum Gasteiger partial charge on any atom is 0.170 e. The number of aromatic nitrogens is 2. The van der Waals surface area contributed by atoms with E-state index < -0.39 is 0 Å².